The molecule has 18 heavy (non-hydrogen) atoms. The molecule has 0 aliphatic carbocycles. The zero-order chi connectivity index (χ0) is 13.3. The minimum Gasteiger partial charge on any atom is -0.497 e. The molecule has 0 bridgehead atoms. The van der Waals surface area contributed by atoms with Crippen LogP contribution in [-0.2, 0) is 0 Å². The second kappa shape index (κ2) is 5.78. The van der Waals surface area contributed by atoms with Crippen LogP contribution in [0.3, 0.4) is 0 Å². The van der Waals surface area contributed by atoms with Gasteiger partial charge in [-0.25, -0.2) is 4.39 Å². The van der Waals surface area contributed by atoms with Crippen molar-refractivity contribution in [2.24, 2.45) is 0 Å². The molecule has 2 aromatic rings. The van der Waals surface area contributed by atoms with Gasteiger partial charge in [-0.05, 0) is 12.1 Å². The highest BCUT2D eigenvalue weighted by atomic mass is 79.9. The number of alkyl halides is 1. The number of thiophene rings is 1. The molecule has 0 saturated heterocycles. The number of benzene rings is 1. The zero-order valence-corrected chi connectivity index (χ0v) is 13.1. The maximum Gasteiger partial charge on any atom is 0.131 e. The van der Waals surface area contributed by atoms with E-state index < -0.39 is 0 Å². The van der Waals surface area contributed by atoms with E-state index >= 15 is 0 Å². The van der Waals surface area contributed by atoms with Gasteiger partial charge >= 0.3 is 0 Å². The van der Waals surface area contributed by atoms with Gasteiger partial charge in [0.1, 0.15) is 11.6 Å². The van der Waals surface area contributed by atoms with Gasteiger partial charge in [0.05, 0.1) is 20.6 Å². The van der Waals surface area contributed by atoms with E-state index in [1.54, 1.807) is 18.2 Å². The molecule has 1 atom stereocenters. The van der Waals surface area contributed by atoms with Crippen molar-refractivity contribution in [2.45, 2.75) is 4.83 Å². The normalized spacial score (nSPS) is 12.5. The zero-order valence-electron chi connectivity index (χ0n) is 9.22. The van der Waals surface area contributed by atoms with Crippen molar-refractivity contribution < 1.29 is 9.13 Å². The summed E-state index contributed by atoms with van der Waals surface area (Å²) in [5, 5.41) is 0. The lowest BCUT2D eigenvalue weighted by molar-refractivity contribution is 0.411. The van der Waals surface area contributed by atoms with Crippen LogP contribution in [0.4, 0.5) is 4.39 Å². The predicted octanol–water partition coefficient (Wildman–Crippen LogP) is 5.69. The molecule has 2 rings (SSSR count). The largest absolute Gasteiger partial charge is 0.497 e. The van der Waals surface area contributed by atoms with Gasteiger partial charge in [0.2, 0.25) is 0 Å². The minimum absolute atomic E-state index is 0.334. The Morgan fingerprint density at radius 3 is 2.50 bits per heavy atom. The highest BCUT2D eigenvalue weighted by molar-refractivity contribution is 9.09. The SMILES string of the molecule is COc1ccc(C(Br)c2cc(Cl)sc2Cl)c(F)c1. The number of halogens is 4. The van der Waals surface area contributed by atoms with Crippen molar-refractivity contribution in [1.82, 2.24) is 0 Å². The first-order valence-corrected chi connectivity index (χ1v) is 7.44. The monoisotopic (exact) mass is 368 g/mol. The fourth-order valence-corrected chi connectivity index (χ4v) is 4.08. The van der Waals surface area contributed by atoms with Gasteiger partial charge < -0.3 is 4.74 Å². The molecule has 0 amide bonds. The number of hydrogen-bond acceptors (Lipinski definition) is 2. The van der Waals surface area contributed by atoms with Crippen LogP contribution in [0.2, 0.25) is 8.67 Å². The van der Waals surface area contributed by atoms with Gasteiger partial charge in [-0.15, -0.1) is 11.3 Å². The summed E-state index contributed by atoms with van der Waals surface area (Å²) in [6.45, 7) is 0. The van der Waals surface area contributed by atoms with Gasteiger partial charge in [0.25, 0.3) is 0 Å². The van der Waals surface area contributed by atoms with E-state index in [2.05, 4.69) is 15.9 Å². The molecule has 1 heterocycles. The molecule has 96 valence electrons. The van der Waals surface area contributed by atoms with Gasteiger partial charge in [0.15, 0.2) is 0 Å². The van der Waals surface area contributed by atoms with Crippen LogP contribution >= 0.6 is 50.5 Å². The van der Waals surface area contributed by atoms with Crippen molar-refractivity contribution in [2.75, 3.05) is 7.11 Å². The van der Waals surface area contributed by atoms with Crippen molar-refractivity contribution in [3.8, 4) is 5.75 Å². The summed E-state index contributed by atoms with van der Waals surface area (Å²) in [5.74, 6) is 0.125. The van der Waals surface area contributed by atoms with Gasteiger partial charge in [-0.3, -0.25) is 0 Å². The average Bonchev–Trinajstić information content (AvgIpc) is 2.67. The van der Waals surface area contributed by atoms with Crippen molar-refractivity contribution in [3.63, 3.8) is 0 Å². The third-order valence-corrected chi connectivity index (χ3v) is 4.94. The highest BCUT2D eigenvalue weighted by Crippen LogP contribution is 2.42. The quantitative estimate of drug-likeness (QED) is 0.631. The molecule has 0 fully saturated rings. The topological polar surface area (TPSA) is 9.23 Å². The minimum atomic E-state index is -0.352. The Kier molecular flexibility index (Phi) is 4.54. The van der Waals surface area contributed by atoms with Crippen LogP contribution in [-0.4, -0.2) is 7.11 Å². The Bertz CT molecular complexity index is 573. The molecule has 1 aromatic heterocycles. The lowest BCUT2D eigenvalue weighted by Gasteiger charge is -2.11. The van der Waals surface area contributed by atoms with Crippen molar-refractivity contribution in [3.05, 3.63) is 49.9 Å². The van der Waals surface area contributed by atoms with Crippen LogP contribution in [0.1, 0.15) is 16.0 Å². The van der Waals surface area contributed by atoms with Gasteiger partial charge in [-0.1, -0.05) is 45.2 Å². The Balaban J connectivity index is 2.39. The molecule has 0 aliphatic rings. The van der Waals surface area contributed by atoms with E-state index in [1.807, 2.05) is 0 Å². The molecule has 1 nitrogen and oxygen atoms in total. The first-order valence-electron chi connectivity index (χ1n) is 4.95. The van der Waals surface area contributed by atoms with E-state index in [-0.39, 0.29) is 10.6 Å². The van der Waals surface area contributed by atoms with Crippen molar-refractivity contribution >= 4 is 50.5 Å². The lowest BCUT2D eigenvalue weighted by atomic mass is 10.1. The summed E-state index contributed by atoms with van der Waals surface area (Å²) in [5.41, 5.74) is 1.25. The standard InChI is InChI=1S/C12H8BrCl2FOS/c1-17-6-2-3-7(9(16)4-6)11(13)8-5-10(14)18-12(8)15/h2-5,11H,1H3. The Labute approximate surface area is 127 Å². The lowest BCUT2D eigenvalue weighted by Crippen LogP contribution is -1.96. The summed E-state index contributed by atoms with van der Waals surface area (Å²) in [6.07, 6.45) is 0. The molecule has 0 radical (unpaired) electrons. The van der Waals surface area contributed by atoms with E-state index in [4.69, 9.17) is 27.9 Å². The van der Waals surface area contributed by atoms with Crippen LogP contribution in [0.5, 0.6) is 5.75 Å². The van der Waals surface area contributed by atoms with Crippen LogP contribution < -0.4 is 4.74 Å². The molecule has 1 aromatic carbocycles. The van der Waals surface area contributed by atoms with Crippen LogP contribution in [0.15, 0.2) is 24.3 Å². The second-order valence-electron chi connectivity index (χ2n) is 3.53. The van der Waals surface area contributed by atoms with Crippen LogP contribution in [0, 0.1) is 5.82 Å². The Morgan fingerprint density at radius 2 is 2.00 bits per heavy atom. The molecule has 0 N–H and O–H groups in total. The summed E-state index contributed by atoms with van der Waals surface area (Å²) >= 11 is 16.6. The summed E-state index contributed by atoms with van der Waals surface area (Å²) in [6, 6.07) is 6.44. The maximum absolute atomic E-state index is 13.9. The summed E-state index contributed by atoms with van der Waals surface area (Å²) in [4.78, 5) is -0.334. The first-order chi connectivity index (χ1) is 8.52. The van der Waals surface area contributed by atoms with E-state index in [1.165, 1.54) is 24.5 Å². The van der Waals surface area contributed by atoms with Crippen LogP contribution in [0.25, 0.3) is 0 Å². The van der Waals surface area contributed by atoms with Gasteiger partial charge in [-0.2, -0.15) is 0 Å². The van der Waals surface area contributed by atoms with E-state index in [0.29, 0.717) is 20.0 Å². The van der Waals surface area contributed by atoms with Gasteiger partial charge in [0, 0.05) is 17.2 Å². The maximum atomic E-state index is 13.9. The Hall–Kier alpha value is -0.290. The summed E-state index contributed by atoms with van der Waals surface area (Å²) < 4.78 is 20.0. The highest BCUT2D eigenvalue weighted by Gasteiger charge is 2.20. The third-order valence-electron chi connectivity index (χ3n) is 2.44. The second-order valence-corrected chi connectivity index (χ2v) is 6.73. The average molecular weight is 370 g/mol. The first kappa shape index (κ1) is 14.1. The Morgan fingerprint density at radius 1 is 1.28 bits per heavy atom. The molecule has 1 unspecified atom stereocenters. The molecule has 0 spiro atoms. The molecular formula is C12H8BrCl2FOS. The number of rotatable bonds is 3. The number of methoxy groups -OCH3 is 1. The predicted molar refractivity (Wildman–Crippen MR) is 78.1 cm³/mol. The number of ether oxygens (including phenoxy) is 1. The molecule has 6 heteroatoms. The van der Waals surface area contributed by atoms with E-state index in [0.717, 1.165) is 5.56 Å². The fourth-order valence-electron chi connectivity index (χ4n) is 1.53. The molecule has 0 saturated carbocycles. The molecular weight excluding hydrogens is 362 g/mol. The molecule has 0 aliphatic heterocycles. The fraction of sp³-hybridized carbons (Fsp3) is 0.167. The van der Waals surface area contributed by atoms with Crippen molar-refractivity contribution in [1.29, 1.82) is 0 Å². The van der Waals surface area contributed by atoms with E-state index in [9.17, 15) is 4.39 Å². The summed E-state index contributed by atoms with van der Waals surface area (Å²) in [7, 11) is 1.50. The third kappa shape index (κ3) is 2.82. The number of hydrogen-bond donors (Lipinski definition) is 0. The smallest absolute Gasteiger partial charge is 0.131 e.